The maximum absolute atomic E-state index is 11.8. The largest absolute Gasteiger partial charge is 1.00 e. The summed E-state index contributed by atoms with van der Waals surface area (Å²) in [4.78, 5) is 53.8. The Kier molecular flexibility index (Phi) is 14.3. The van der Waals surface area contributed by atoms with Crippen LogP contribution < -0.4 is 109 Å². The van der Waals surface area contributed by atoms with E-state index in [-0.39, 0.29) is 106 Å². The molecule has 2 aromatic heterocycles. The quantitative estimate of drug-likeness (QED) is 0.169. The van der Waals surface area contributed by atoms with Gasteiger partial charge in [0, 0.05) is 0 Å². The third-order valence-electron chi connectivity index (χ3n) is 4.01. The van der Waals surface area contributed by atoms with E-state index in [1.54, 1.807) is 0 Å². The summed E-state index contributed by atoms with van der Waals surface area (Å²) in [7, 11) is -16.6. The second-order valence-corrected chi connectivity index (χ2v) is 11.8. The van der Waals surface area contributed by atoms with E-state index < -0.39 is 60.1 Å². The van der Waals surface area contributed by atoms with Gasteiger partial charge < -0.3 is 53.9 Å². The van der Waals surface area contributed by atoms with Crippen LogP contribution in [0.5, 0.6) is 0 Å². The average molecular weight is 571 g/mol. The molecule has 3 heterocycles. The van der Waals surface area contributed by atoms with E-state index in [1.165, 1.54) is 10.9 Å². The molecule has 3 unspecified atom stereocenters. The van der Waals surface area contributed by atoms with Crippen LogP contribution >= 0.6 is 23.0 Å². The Hall–Kier alpha value is 1.68. The van der Waals surface area contributed by atoms with Crippen LogP contribution in [0.2, 0.25) is 0 Å². The number of nitrogens with zero attached hydrogens (tertiary/aromatic N) is 4. The van der Waals surface area contributed by atoms with Gasteiger partial charge in [-0.3, -0.25) is 13.4 Å². The third kappa shape index (κ3) is 9.16. The first-order chi connectivity index (χ1) is 14.2. The molecule has 17 nitrogen and oxygen atoms in total. The van der Waals surface area contributed by atoms with E-state index in [9.17, 15) is 38.6 Å². The second kappa shape index (κ2) is 13.7. The number of hydrogen-bond acceptors (Lipinski definition) is 15. The monoisotopic (exact) mass is 571 g/mol. The Labute approximate surface area is 258 Å². The van der Waals surface area contributed by atoms with Gasteiger partial charge in [-0.05, 0) is 0 Å². The summed E-state index contributed by atoms with van der Waals surface area (Å²) in [5.74, 6) is -1.86. The van der Waals surface area contributed by atoms with E-state index in [0.29, 0.717) is 0 Å². The van der Waals surface area contributed by atoms with Crippen LogP contribution in [-0.4, -0.2) is 65.4 Å². The van der Waals surface area contributed by atoms with Gasteiger partial charge in [-0.25, -0.2) is 15.0 Å². The molecule has 0 amide bonds. The molecule has 1 aliphatic heterocycles. The van der Waals surface area contributed by atoms with Crippen molar-refractivity contribution in [2.75, 3.05) is 18.2 Å². The first kappa shape index (κ1) is 35.7. The summed E-state index contributed by atoms with van der Waals surface area (Å²) < 4.78 is 48.1. The molecule has 34 heavy (non-hydrogen) atoms. The Morgan fingerprint density at radius 3 is 2.26 bits per heavy atom. The van der Waals surface area contributed by atoms with Gasteiger partial charge in [-0.2, -0.15) is 0 Å². The smallest absolute Gasteiger partial charge is 0.778 e. The molecule has 5 N–H and O–H groups in total. The summed E-state index contributed by atoms with van der Waals surface area (Å²) in [6.45, 7) is -0.937. The van der Waals surface area contributed by atoms with Gasteiger partial charge in [-0.15, -0.1) is 0 Å². The summed E-state index contributed by atoms with van der Waals surface area (Å²) in [5, 5.41) is 20.4. The van der Waals surface area contributed by atoms with E-state index in [1.807, 2.05) is 0 Å². The summed E-state index contributed by atoms with van der Waals surface area (Å²) in [6.07, 6.45) is -3.69. The molecule has 2 aromatic rings. The van der Waals surface area contributed by atoms with Crippen molar-refractivity contribution < 1.29 is 146 Å². The van der Waals surface area contributed by atoms with Crippen LogP contribution in [0.3, 0.4) is 0 Å². The van der Waals surface area contributed by atoms with E-state index in [4.69, 9.17) is 15.4 Å². The number of aliphatic hydroxyl groups excluding tert-OH is 2. The Bertz CT molecular complexity index is 1120. The van der Waals surface area contributed by atoms with Crippen molar-refractivity contribution in [3.05, 3.63) is 12.7 Å². The third-order valence-corrected chi connectivity index (χ3v) is 9.14. The minimum atomic E-state index is -5.76. The fraction of sp³-hybridized carbons (Fsp3) is 0.545. The molecule has 174 valence electrons. The zero-order valence-electron chi connectivity index (χ0n) is 18.1. The number of ether oxygens (including phenoxy) is 1. The van der Waals surface area contributed by atoms with Crippen molar-refractivity contribution in [1.82, 2.24) is 19.5 Å². The Balaban J connectivity index is 0.00000363. The number of rotatable bonds is 8. The summed E-state index contributed by atoms with van der Waals surface area (Å²) >= 11 is 0. The fourth-order valence-corrected chi connectivity index (χ4v) is 7.10. The number of imidazole rings is 1. The SMILES string of the molecule is Nc1ncnc2c1ncn2[C@@H]1O[C@H](COP(=O)([O-])CP(=O)([O-])OP(=O)([O-])O)[C@@H](O)[C@H]1O.[Na+].[Na+].[Na+]. The van der Waals surface area contributed by atoms with Gasteiger partial charge in [-0.1, -0.05) is 0 Å². The number of anilines is 1. The van der Waals surface area contributed by atoms with Gasteiger partial charge >= 0.3 is 88.7 Å². The van der Waals surface area contributed by atoms with Gasteiger partial charge in [0.1, 0.15) is 37.8 Å². The molecular weight excluding hydrogens is 556 g/mol. The van der Waals surface area contributed by atoms with Crippen molar-refractivity contribution in [3.8, 4) is 0 Å². The maximum atomic E-state index is 11.8. The molecular formula is C11H15N5Na3O12P3. The molecule has 23 heteroatoms. The van der Waals surface area contributed by atoms with Gasteiger partial charge in [0.15, 0.2) is 25.3 Å². The van der Waals surface area contributed by atoms with Crippen molar-refractivity contribution >= 4 is 40.0 Å². The van der Waals surface area contributed by atoms with Crippen LogP contribution in [0.25, 0.3) is 11.2 Å². The van der Waals surface area contributed by atoms with Crippen molar-refractivity contribution in [2.45, 2.75) is 24.5 Å². The van der Waals surface area contributed by atoms with Gasteiger partial charge in [0.2, 0.25) is 0 Å². The number of hydrogen-bond donors (Lipinski definition) is 4. The van der Waals surface area contributed by atoms with Crippen molar-refractivity contribution in [1.29, 1.82) is 0 Å². The topological polar surface area (TPSA) is 278 Å². The molecule has 0 bridgehead atoms. The normalized spacial score (nSPS) is 27.4. The first-order valence-corrected chi connectivity index (χ1v) is 13.1. The van der Waals surface area contributed by atoms with Crippen LogP contribution in [0.4, 0.5) is 5.82 Å². The molecule has 0 aromatic carbocycles. The van der Waals surface area contributed by atoms with E-state index in [2.05, 4.69) is 23.8 Å². The molecule has 3 rings (SSSR count). The molecule has 0 radical (unpaired) electrons. The molecule has 1 fully saturated rings. The van der Waals surface area contributed by atoms with Crippen molar-refractivity contribution in [2.24, 2.45) is 0 Å². The molecule has 0 saturated carbocycles. The maximum Gasteiger partial charge on any atom is 1.00 e. The number of phosphoric acid groups is 1. The average Bonchev–Trinajstić information content (AvgIpc) is 3.13. The van der Waals surface area contributed by atoms with Crippen molar-refractivity contribution in [3.63, 3.8) is 0 Å². The van der Waals surface area contributed by atoms with E-state index in [0.717, 1.165) is 6.33 Å². The summed E-state index contributed by atoms with van der Waals surface area (Å²) in [6, 6.07) is 0. The molecule has 1 aliphatic rings. The van der Waals surface area contributed by atoms with E-state index >= 15 is 0 Å². The Morgan fingerprint density at radius 2 is 1.68 bits per heavy atom. The predicted octanol–water partition coefficient (Wildman–Crippen LogP) is -12.4. The Morgan fingerprint density at radius 1 is 1.06 bits per heavy atom. The van der Waals surface area contributed by atoms with Crippen LogP contribution in [0.15, 0.2) is 12.7 Å². The van der Waals surface area contributed by atoms with Crippen LogP contribution in [-0.2, 0) is 27.3 Å². The standard InChI is InChI=1S/C11H18N5O12P3.3Na/c12-9-6-10(14-2-13-9)16(3-15-6)11-8(18)7(17)5(27-11)1-26-29(19,20)4-30(21,22)28-31(23,24)25;;;/h2-3,5,7-8,11,17-18H,1,4H2,(H,19,20)(H,21,22)(H2,12,13,14)(H2,23,24,25);;;/q;3*+1/p-3/t5-,7-,8-,11-;;;/m1.../s1. The zero-order valence-corrected chi connectivity index (χ0v) is 26.8. The first-order valence-electron chi connectivity index (χ1n) is 8.13. The minimum absolute atomic E-state index is 0. The number of aromatic nitrogens is 4. The second-order valence-electron chi connectivity index (χ2n) is 6.34. The number of fused-ring (bicyclic) bond motifs is 1. The molecule has 0 spiro atoms. The molecule has 1 saturated heterocycles. The predicted molar refractivity (Wildman–Crippen MR) is 92.6 cm³/mol. The van der Waals surface area contributed by atoms with Gasteiger partial charge in [0.25, 0.3) is 7.82 Å². The number of nitrogen functional groups attached to an aromatic ring is 1. The molecule has 7 atom stereocenters. The minimum Gasteiger partial charge on any atom is -0.778 e. The van der Waals surface area contributed by atoms with Crippen LogP contribution in [0.1, 0.15) is 6.23 Å². The molecule has 0 aliphatic carbocycles. The zero-order chi connectivity index (χ0) is 23.2. The summed E-state index contributed by atoms with van der Waals surface area (Å²) in [5.41, 5.74) is 6.00. The number of aliphatic hydroxyl groups is 2. The number of nitrogens with two attached hydrogens (primary N) is 1. The fourth-order valence-electron chi connectivity index (χ4n) is 2.78. The van der Waals surface area contributed by atoms with Crippen LogP contribution in [0, 0.1) is 0 Å². The van der Waals surface area contributed by atoms with Gasteiger partial charge in [0.05, 0.1) is 18.8 Å².